The maximum absolute atomic E-state index is 12.7. The zero-order valence-corrected chi connectivity index (χ0v) is 17.9. The minimum absolute atomic E-state index is 0.0928. The van der Waals surface area contributed by atoms with Crippen LogP contribution in [0.2, 0.25) is 0 Å². The minimum atomic E-state index is -0.411. The molecule has 3 aliphatic rings. The molecule has 1 aromatic carbocycles. The van der Waals surface area contributed by atoms with E-state index < -0.39 is 6.10 Å². The van der Waals surface area contributed by atoms with Gasteiger partial charge in [0.25, 0.3) is 0 Å². The summed E-state index contributed by atoms with van der Waals surface area (Å²) in [5.41, 5.74) is 4.42. The Labute approximate surface area is 178 Å². The van der Waals surface area contributed by atoms with Gasteiger partial charge in [-0.25, -0.2) is 4.79 Å². The summed E-state index contributed by atoms with van der Waals surface area (Å²) in [6, 6.07) is 8.03. The number of fused-ring (bicyclic) bond motifs is 2. The Bertz CT molecular complexity index is 930. The molecule has 0 heterocycles. The number of carbonyl (C=O) groups excluding carboxylic acids is 2. The van der Waals surface area contributed by atoms with Crippen LogP contribution in [0.4, 0.5) is 0 Å². The maximum atomic E-state index is 12.7. The molecule has 4 rings (SSSR count). The van der Waals surface area contributed by atoms with Crippen LogP contribution in [-0.4, -0.2) is 17.5 Å². The van der Waals surface area contributed by atoms with Gasteiger partial charge in [-0.05, 0) is 62.5 Å². The molecule has 0 saturated heterocycles. The molecule has 0 aromatic heterocycles. The molecule has 3 aliphatic carbocycles. The second-order valence-electron chi connectivity index (χ2n) is 8.83. The van der Waals surface area contributed by atoms with Gasteiger partial charge in [-0.1, -0.05) is 49.9 Å². The number of carbonyl (C=O) groups is 2. The summed E-state index contributed by atoms with van der Waals surface area (Å²) in [5, 5.41) is 0. The smallest absolute Gasteiger partial charge is 0.334 e. The molecule has 0 aliphatic heterocycles. The molecule has 0 spiro atoms. The number of rotatable bonds is 6. The number of hydrogen-bond acceptors (Lipinski definition) is 4. The highest BCUT2D eigenvalue weighted by atomic mass is 16.6. The molecule has 4 heteroatoms. The van der Waals surface area contributed by atoms with Gasteiger partial charge in [0.05, 0.1) is 6.42 Å². The molecular weight excluding hydrogens is 376 g/mol. The number of benzene rings is 1. The van der Waals surface area contributed by atoms with Gasteiger partial charge in [-0.15, -0.1) is 0 Å². The summed E-state index contributed by atoms with van der Waals surface area (Å²) in [6.07, 6.45) is 9.94. The van der Waals surface area contributed by atoms with E-state index in [0.29, 0.717) is 12.0 Å². The van der Waals surface area contributed by atoms with Crippen molar-refractivity contribution >= 4 is 17.5 Å². The topological polar surface area (TPSA) is 52.6 Å². The van der Waals surface area contributed by atoms with Crippen LogP contribution in [0, 0.1) is 5.92 Å². The van der Waals surface area contributed by atoms with Crippen molar-refractivity contribution in [3.63, 3.8) is 0 Å². The molecule has 4 nitrogen and oxygen atoms in total. The van der Waals surface area contributed by atoms with Crippen LogP contribution in [0.25, 0.3) is 5.57 Å². The van der Waals surface area contributed by atoms with Crippen molar-refractivity contribution in [1.82, 2.24) is 0 Å². The van der Waals surface area contributed by atoms with Crippen molar-refractivity contribution in [2.24, 2.45) is 5.92 Å². The van der Waals surface area contributed by atoms with Gasteiger partial charge in [0.2, 0.25) is 0 Å². The Kier molecular flexibility index (Phi) is 5.68. The van der Waals surface area contributed by atoms with Crippen molar-refractivity contribution in [2.45, 2.75) is 70.5 Å². The predicted octanol–water partition coefficient (Wildman–Crippen LogP) is 5.85. The predicted molar refractivity (Wildman–Crippen MR) is 116 cm³/mol. The molecule has 0 radical (unpaired) electrons. The van der Waals surface area contributed by atoms with Crippen molar-refractivity contribution in [1.29, 1.82) is 0 Å². The first-order chi connectivity index (χ1) is 14.4. The lowest BCUT2D eigenvalue weighted by Gasteiger charge is -2.29. The van der Waals surface area contributed by atoms with Crippen LogP contribution in [-0.2, 0) is 19.1 Å². The first kappa shape index (κ1) is 20.6. The highest BCUT2D eigenvalue weighted by molar-refractivity contribution is 5.89. The average molecular weight is 407 g/mol. The minimum Gasteiger partial charge on any atom is -0.459 e. The van der Waals surface area contributed by atoms with Gasteiger partial charge >= 0.3 is 11.9 Å². The summed E-state index contributed by atoms with van der Waals surface area (Å²) in [4.78, 5) is 24.9. The molecule has 2 atom stereocenters. The number of ether oxygens (including phenoxy) is 2. The number of hydrogen-bond donors (Lipinski definition) is 0. The van der Waals surface area contributed by atoms with Crippen LogP contribution >= 0.6 is 0 Å². The highest BCUT2D eigenvalue weighted by Gasteiger charge is 2.38. The van der Waals surface area contributed by atoms with E-state index in [9.17, 15) is 9.59 Å². The molecule has 0 amide bonds. The van der Waals surface area contributed by atoms with Crippen LogP contribution in [0.1, 0.15) is 76.0 Å². The first-order valence-electron chi connectivity index (χ1n) is 11.0. The van der Waals surface area contributed by atoms with Gasteiger partial charge in [0, 0.05) is 16.7 Å². The van der Waals surface area contributed by atoms with Crippen molar-refractivity contribution in [3.05, 3.63) is 65.3 Å². The standard InChI is InChI=1S/C26H30O4/c1-4-26(13-7-8-14-26)30-23(27)16-18-11-12-21-22(15-18)19-9-5-6-10-20(19)24(21)29-25(28)17(2)3/h5-6,9-12,18,24H,2,4,7-8,13-16H2,1,3H3. The molecule has 30 heavy (non-hydrogen) atoms. The van der Waals surface area contributed by atoms with E-state index in [1.54, 1.807) is 6.92 Å². The summed E-state index contributed by atoms with van der Waals surface area (Å²) in [7, 11) is 0. The fourth-order valence-corrected chi connectivity index (χ4v) is 4.99. The van der Waals surface area contributed by atoms with E-state index in [1.807, 2.05) is 24.3 Å². The summed E-state index contributed by atoms with van der Waals surface area (Å²) >= 11 is 0. The molecule has 158 valence electrons. The second-order valence-corrected chi connectivity index (χ2v) is 8.83. The van der Waals surface area contributed by atoms with E-state index in [-0.39, 0.29) is 23.5 Å². The lowest BCUT2D eigenvalue weighted by molar-refractivity contribution is -0.160. The Morgan fingerprint density at radius 3 is 2.63 bits per heavy atom. The third kappa shape index (κ3) is 3.88. The Balaban J connectivity index is 1.49. The molecule has 1 saturated carbocycles. The van der Waals surface area contributed by atoms with Crippen molar-refractivity contribution in [2.75, 3.05) is 0 Å². The van der Waals surface area contributed by atoms with Crippen LogP contribution < -0.4 is 0 Å². The fourth-order valence-electron chi connectivity index (χ4n) is 4.99. The van der Waals surface area contributed by atoms with Gasteiger partial charge < -0.3 is 9.47 Å². The largest absolute Gasteiger partial charge is 0.459 e. The van der Waals surface area contributed by atoms with Crippen LogP contribution in [0.15, 0.2) is 54.1 Å². The SMILES string of the molecule is C=C(C)C(=O)OC1C2=C(CC(CC(=O)OC3(CC)CCCC3)C=C2)c2ccccc21. The first-order valence-corrected chi connectivity index (χ1v) is 11.0. The van der Waals surface area contributed by atoms with Gasteiger partial charge in [0.1, 0.15) is 5.60 Å². The zero-order valence-electron chi connectivity index (χ0n) is 17.9. The van der Waals surface area contributed by atoms with Crippen LogP contribution in [0.3, 0.4) is 0 Å². The Morgan fingerprint density at radius 2 is 1.93 bits per heavy atom. The van der Waals surface area contributed by atoms with Gasteiger partial charge in [0.15, 0.2) is 6.10 Å². The summed E-state index contributed by atoms with van der Waals surface area (Å²) < 4.78 is 11.7. The summed E-state index contributed by atoms with van der Waals surface area (Å²) in [6.45, 7) is 7.46. The quantitative estimate of drug-likeness (QED) is 0.439. The number of allylic oxidation sites excluding steroid dienone is 2. The van der Waals surface area contributed by atoms with E-state index in [0.717, 1.165) is 60.8 Å². The Morgan fingerprint density at radius 1 is 1.20 bits per heavy atom. The average Bonchev–Trinajstić information content (AvgIpc) is 3.31. The molecule has 1 aromatic rings. The zero-order chi connectivity index (χ0) is 21.3. The molecule has 1 fully saturated rings. The molecular formula is C26H30O4. The highest BCUT2D eigenvalue weighted by Crippen LogP contribution is 2.48. The Hall–Kier alpha value is -2.62. The van der Waals surface area contributed by atoms with Gasteiger partial charge in [-0.2, -0.15) is 0 Å². The van der Waals surface area contributed by atoms with Crippen LogP contribution in [0.5, 0.6) is 0 Å². The maximum Gasteiger partial charge on any atom is 0.334 e. The monoisotopic (exact) mass is 406 g/mol. The molecule has 2 unspecified atom stereocenters. The lowest BCUT2D eigenvalue weighted by Crippen LogP contribution is -2.31. The van der Waals surface area contributed by atoms with Gasteiger partial charge in [-0.3, -0.25) is 4.79 Å². The normalized spacial score (nSPS) is 23.7. The van der Waals surface area contributed by atoms with E-state index in [1.165, 1.54) is 0 Å². The third-order valence-electron chi connectivity index (χ3n) is 6.71. The van der Waals surface area contributed by atoms with E-state index in [4.69, 9.17) is 9.47 Å². The molecule has 0 N–H and O–H groups in total. The second kappa shape index (κ2) is 8.25. The third-order valence-corrected chi connectivity index (χ3v) is 6.71. The fraction of sp³-hybridized carbons (Fsp3) is 0.462. The van der Waals surface area contributed by atoms with Crippen molar-refractivity contribution < 1.29 is 19.1 Å². The van der Waals surface area contributed by atoms with E-state index in [2.05, 4.69) is 25.6 Å². The van der Waals surface area contributed by atoms with Crippen molar-refractivity contribution in [3.8, 4) is 0 Å². The summed E-state index contributed by atoms with van der Waals surface area (Å²) in [5.74, 6) is -0.395. The lowest BCUT2D eigenvalue weighted by atomic mass is 9.87. The van der Waals surface area contributed by atoms with E-state index >= 15 is 0 Å². The number of esters is 2. The molecule has 0 bridgehead atoms.